The van der Waals surface area contributed by atoms with Crippen LogP contribution in [0.2, 0.25) is 0 Å². The Labute approximate surface area is 158 Å². The van der Waals surface area contributed by atoms with E-state index >= 15 is 0 Å². The Hall–Kier alpha value is -3.09. The lowest BCUT2D eigenvalue weighted by Crippen LogP contribution is -2.16. The lowest BCUT2D eigenvalue weighted by Gasteiger charge is -2.11. The molecule has 0 saturated carbocycles. The Morgan fingerprint density at radius 3 is 1.82 bits per heavy atom. The van der Waals surface area contributed by atoms with Gasteiger partial charge in [-0.15, -0.1) is 13.2 Å². The second kappa shape index (κ2) is 7.88. The Kier molecular flexibility index (Phi) is 5.53. The van der Waals surface area contributed by atoms with Gasteiger partial charge >= 0.3 is 6.36 Å². The number of ether oxygens (including phenoxy) is 2. The van der Waals surface area contributed by atoms with Crippen molar-refractivity contribution in [3.05, 3.63) is 72.3 Å². The van der Waals surface area contributed by atoms with Crippen LogP contribution >= 0.6 is 0 Å². The molecule has 0 spiro atoms. The van der Waals surface area contributed by atoms with Crippen molar-refractivity contribution in [3.8, 4) is 33.8 Å². The van der Waals surface area contributed by atoms with E-state index in [0.717, 1.165) is 12.1 Å². The molecule has 0 aliphatic carbocycles. The lowest BCUT2D eigenvalue weighted by molar-refractivity contribution is -0.274. The summed E-state index contributed by atoms with van der Waals surface area (Å²) in [5.74, 6) is -1.20. The van der Waals surface area contributed by atoms with E-state index in [1.165, 1.54) is 42.5 Å². The van der Waals surface area contributed by atoms with Crippen molar-refractivity contribution in [3.63, 3.8) is 0 Å². The third kappa shape index (κ3) is 4.60. The molecular formula is C21H15F5O2. The average Bonchev–Trinajstić information content (AvgIpc) is 2.62. The van der Waals surface area contributed by atoms with Crippen LogP contribution in [0.25, 0.3) is 22.3 Å². The van der Waals surface area contributed by atoms with Crippen molar-refractivity contribution in [1.29, 1.82) is 0 Å². The summed E-state index contributed by atoms with van der Waals surface area (Å²) in [7, 11) is 0. The molecule has 0 N–H and O–H groups in total. The monoisotopic (exact) mass is 394 g/mol. The first-order chi connectivity index (χ1) is 13.3. The fraction of sp³-hybridized carbons (Fsp3) is 0.143. The van der Waals surface area contributed by atoms with E-state index in [0.29, 0.717) is 23.5 Å². The highest BCUT2D eigenvalue weighted by Gasteiger charge is 2.31. The topological polar surface area (TPSA) is 18.5 Å². The minimum absolute atomic E-state index is 0.175. The summed E-state index contributed by atoms with van der Waals surface area (Å²) in [6, 6.07) is 13.3. The van der Waals surface area contributed by atoms with Gasteiger partial charge in [-0.1, -0.05) is 24.3 Å². The Bertz CT molecular complexity index is 966. The fourth-order valence-electron chi connectivity index (χ4n) is 2.74. The molecule has 0 aromatic heterocycles. The van der Waals surface area contributed by atoms with Crippen LogP contribution in [0.3, 0.4) is 0 Å². The maximum Gasteiger partial charge on any atom is 0.573 e. The molecule has 0 bridgehead atoms. The molecule has 0 fully saturated rings. The smallest absolute Gasteiger partial charge is 0.494 e. The van der Waals surface area contributed by atoms with E-state index in [1.807, 2.05) is 0 Å². The molecule has 0 heterocycles. The zero-order valence-electron chi connectivity index (χ0n) is 14.7. The van der Waals surface area contributed by atoms with Crippen molar-refractivity contribution in [2.45, 2.75) is 13.3 Å². The van der Waals surface area contributed by atoms with Gasteiger partial charge in [-0.2, -0.15) is 0 Å². The largest absolute Gasteiger partial charge is 0.573 e. The van der Waals surface area contributed by atoms with E-state index in [9.17, 15) is 22.0 Å². The second-order valence-electron chi connectivity index (χ2n) is 5.84. The number of hydrogen-bond acceptors (Lipinski definition) is 2. The molecule has 0 amide bonds. The molecule has 2 nitrogen and oxygen atoms in total. The first kappa shape index (κ1) is 19.7. The SMILES string of the molecule is CCOc1ccc(-c2ccc(-c3ccc(OC(F)(F)F)cc3)c(F)c2)c(F)c1. The van der Waals surface area contributed by atoms with Gasteiger partial charge in [0, 0.05) is 17.2 Å². The molecule has 0 radical (unpaired) electrons. The molecule has 146 valence electrons. The lowest BCUT2D eigenvalue weighted by atomic mass is 9.99. The zero-order chi connectivity index (χ0) is 20.3. The van der Waals surface area contributed by atoms with Gasteiger partial charge in [0.1, 0.15) is 23.1 Å². The minimum atomic E-state index is -4.80. The predicted molar refractivity (Wildman–Crippen MR) is 95.1 cm³/mol. The van der Waals surface area contributed by atoms with Gasteiger partial charge in [0.2, 0.25) is 0 Å². The van der Waals surface area contributed by atoms with Crippen LogP contribution in [0.4, 0.5) is 22.0 Å². The Balaban J connectivity index is 1.87. The molecule has 0 aliphatic heterocycles. The van der Waals surface area contributed by atoms with E-state index in [1.54, 1.807) is 13.0 Å². The molecular weight excluding hydrogens is 379 g/mol. The Morgan fingerprint density at radius 1 is 0.714 bits per heavy atom. The average molecular weight is 394 g/mol. The van der Waals surface area contributed by atoms with Crippen LogP contribution < -0.4 is 9.47 Å². The van der Waals surface area contributed by atoms with Crippen LogP contribution in [-0.2, 0) is 0 Å². The highest BCUT2D eigenvalue weighted by molar-refractivity contribution is 5.72. The first-order valence-corrected chi connectivity index (χ1v) is 8.35. The van der Waals surface area contributed by atoms with Gasteiger partial charge in [-0.3, -0.25) is 0 Å². The van der Waals surface area contributed by atoms with Gasteiger partial charge in [-0.25, -0.2) is 8.78 Å². The number of alkyl halides is 3. The number of hydrogen-bond donors (Lipinski definition) is 0. The summed E-state index contributed by atoms with van der Waals surface area (Å²) in [6.07, 6.45) is -4.80. The number of halogens is 5. The maximum atomic E-state index is 14.6. The van der Waals surface area contributed by atoms with Crippen molar-refractivity contribution in [1.82, 2.24) is 0 Å². The third-order valence-corrected chi connectivity index (χ3v) is 3.93. The fourth-order valence-corrected chi connectivity index (χ4v) is 2.74. The molecule has 0 saturated heterocycles. The standard InChI is InChI=1S/C21H15F5O2/c1-2-27-16-8-10-18(20(23)12-16)14-5-9-17(19(22)11-14)13-3-6-15(7-4-13)28-21(24,25)26/h3-12H,2H2,1H3. The summed E-state index contributed by atoms with van der Waals surface area (Å²) >= 11 is 0. The summed E-state index contributed by atoms with van der Waals surface area (Å²) in [6.45, 7) is 2.18. The van der Waals surface area contributed by atoms with Gasteiger partial charge in [-0.05, 0) is 48.4 Å². The molecule has 3 aromatic rings. The van der Waals surface area contributed by atoms with Crippen LogP contribution in [0, 0.1) is 11.6 Å². The van der Waals surface area contributed by atoms with E-state index in [-0.39, 0.29) is 11.1 Å². The van der Waals surface area contributed by atoms with Crippen LogP contribution in [0.5, 0.6) is 11.5 Å². The van der Waals surface area contributed by atoms with Gasteiger partial charge < -0.3 is 9.47 Å². The van der Waals surface area contributed by atoms with Crippen LogP contribution in [0.15, 0.2) is 60.7 Å². The molecule has 0 aliphatic rings. The van der Waals surface area contributed by atoms with Crippen molar-refractivity contribution in [2.24, 2.45) is 0 Å². The van der Waals surface area contributed by atoms with Crippen LogP contribution in [-0.4, -0.2) is 13.0 Å². The molecule has 0 atom stereocenters. The summed E-state index contributed by atoms with van der Waals surface area (Å²) in [4.78, 5) is 0. The zero-order valence-corrected chi connectivity index (χ0v) is 14.7. The number of benzene rings is 3. The first-order valence-electron chi connectivity index (χ1n) is 8.35. The van der Waals surface area contributed by atoms with Crippen LogP contribution in [0.1, 0.15) is 6.92 Å². The molecule has 7 heteroatoms. The number of rotatable bonds is 5. The minimum Gasteiger partial charge on any atom is -0.494 e. The summed E-state index contributed by atoms with van der Waals surface area (Å²) in [5, 5.41) is 0. The maximum absolute atomic E-state index is 14.6. The summed E-state index contributed by atoms with van der Waals surface area (Å²) < 4.78 is 74.5. The molecule has 28 heavy (non-hydrogen) atoms. The van der Waals surface area contributed by atoms with Gasteiger partial charge in [0.25, 0.3) is 0 Å². The predicted octanol–water partition coefficient (Wildman–Crippen LogP) is 6.60. The van der Waals surface area contributed by atoms with E-state index in [2.05, 4.69) is 4.74 Å². The molecule has 0 unspecified atom stereocenters. The van der Waals surface area contributed by atoms with Gasteiger partial charge in [0.05, 0.1) is 6.61 Å². The Morgan fingerprint density at radius 2 is 1.25 bits per heavy atom. The molecule has 3 rings (SSSR count). The van der Waals surface area contributed by atoms with Crippen molar-refractivity contribution in [2.75, 3.05) is 6.61 Å². The highest BCUT2D eigenvalue weighted by Crippen LogP contribution is 2.32. The van der Waals surface area contributed by atoms with Crippen molar-refractivity contribution >= 4 is 0 Å². The third-order valence-electron chi connectivity index (χ3n) is 3.93. The van der Waals surface area contributed by atoms with Gasteiger partial charge in [0.15, 0.2) is 0 Å². The molecule has 3 aromatic carbocycles. The van der Waals surface area contributed by atoms with Crippen molar-refractivity contribution < 1.29 is 31.4 Å². The quantitative estimate of drug-likeness (QED) is 0.454. The second-order valence-corrected chi connectivity index (χ2v) is 5.84. The van der Waals surface area contributed by atoms with E-state index < -0.39 is 23.7 Å². The highest BCUT2D eigenvalue weighted by atomic mass is 19.4. The van der Waals surface area contributed by atoms with E-state index in [4.69, 9.17) is 4.74 Å². The normalized spacial score (nSPS) is 11.4. The summed E-state index contributed by atoms with van der Waals surface area (Å²) in [5.41, 5.74) is 1.08.